The number of hydrogen-bond donors (Lipinski definition) is 1. The first-order chi connectivity index (χ1) is 7.74. The second kappa shape index (κ2) is 4.83. The Labute approximate surface area is 99.0 Å². The molecule has 1 aromatic carbocycles. The lowest BCUT2D eigenvalue weighted by Gasteiger charge is -2.08. The van der Waals surface area contributed by atoms with Crippen LogP contribution in [0.3, 0.4) is 0 Å². The van der Waals surface area contributed by atoms with Gasteiger partial charge in [0.15, 0.2) is 9.84 Å². The molecule has 0 aliphatic heterocycles. The van der Waals surface area contributed by atoms with Crippen molar-refractivity contribution in [2.75, 3.05) is 5.75 Å². The van der Waals surface area contributed by atoms with Gasteiger partial charge >= 0.3 is 5.97 Å². The van der Waals surface area contributed by atoms with Crippen molar-refractivity contribution in [3.05, 3.63) is 29.6 Å². The molecule has 0 fully saturated rings. The van der Waals surface area contributed by atoms with Crippen LogP contribution in [0.25, 0.3) is 0 Å². The quantitative estimate of drug-likeness (QED) is 0.898. The number of carboxylic acids is 1. The summed E-state index contributed by atoms with van der Waals surface area (Å²) >= 11 is 0. The monoisotopic (exact) mass is 260 g/mol. The normalized spacial score (nSPS) is 11.8. The van der Waals surface area contributed by atoms with E-state index in [9.17, 15) is 17.6 Å². The van der Waals surface area contributed by atoms with Crippen molar-refractivity contribution in [3.63, 3.8) is 0 Å². The third-order valence-electron chi connectivity index (χ3n) is 2.07. The summed E-state index contributed by atoms with van der Waals surface area (Å²) in [6.45, 7) is 3.38. The number of halogens is 1. The highest BCUT2D eigenvalue weighted by Crippen LogP contribution is 2.19. The second-order valence-electron chi connectivity index (χ2n) is 4.13. The lowest BCUT2D eigenvalue weighted by molar-refractivity contribution is 0.0696. The third-order valence-corrected chi connectivity index (χ3v) is 4.15. The number of carbonyl (C=O) groups is 1. The Hall–Kier alpha value is -1.43. The molecule has 0 aliphatic rings. The van der Waals surface area contributed by atoms with Crippen LogP contribution in [-0.2, 0) is 9.84 Å². The zero-order valence-electron chi connectivity index (χ0n) is 9.47. The largest absolute Gasteiger partial charge is 0.478 e. The topological polar surface area (TPSA) is 71.4 Å². The Morgan fingerprint density at radius 3 is 2.47 bits per heavy atom. The molecule has 0 radical (unpaired) electrons. The summed E-state index contributed by atoms with van der Waals surface area (Å²) in [5, 5.41) is 8.73. The first-order valence-electron chi connectivity index (χ1n) is 4.99. The van der Waals surface area contributed by atoms with Gasteiger partial charge in [-0.3, -0.25) is 0 Å². The summed E-state index contributed by atoms with van der Waals surface area (Å²) in [6.07, 6.45) is 0. The van der Waals surface area contributed by atoms with Crippen LogP contribution in [0.2, 0.25) is 0 Å². The minimum atomic E-state index is -3.78. The van der Waals surface area contributed by atoms with E-state index in [0.29, 0.717) is 0 Å². The van der Waals surface area contributed by atoms with E-state index < -0.39 is 26.5 Å². The molecule has 6 heteroatoms. The van der Waals surface area contributed by atoms with E-state index in [2.05, 4.69) is 0 Å². The summed E-state index contributed by atoms with van der Waals surface area (Å²) in [6, 6.07) is 2.75. The Morgan fingerprint density at radius 2 is 2.00 bits per heavy atom. The molecule has 0 unspecified atom stereocenters. The van der Waals surface area contributed by atoms with Crippen LogP contribution in [0.5, 0.6) is 0 Å². The molecule has 4 nitrogen and oxygen atoms in total. The lowest BCUT2D eigenvalue weighted by Crippen LogP contribution is -2.14. The highest BCUT2D eigenvalue weighted by atomic mass is 32.2. The third kappa shape index (κ3) is 3.26. The van der Waals surface area contributed by atoms with Gasteiger partial charge in [-0.1, -0.05) is 13.8 Å². The van der Waals surface area contributed by atoms with Gasteiger partial charge in [-0.25, -0.2) is 17.6 Å². The molecule has 94 valence electrons. The van der Waals surface area contributed by atoms with E-state index in [4.69, 9.17) is 5.11 Å². The molecule has 0 amide bonds. The summed E-state index contributed by atoms with van der Waals surface area (Å²) < 4.78 is 37.0. The predicted molar refractivity (Wildman–Crippen MR) is 60.3 cm³/mol. The van der Waals surface area contributed by atoms with Gasteiger partial charge < -0.3 is 5.11 Å². The van der Waals surface area contributed by atoms with E-state index in [1.54, 1.807) is 13.8 Å². The van der Waals surface area contributed by atoms with Gasteiger partial charge in [-0.2, -0.15) is 0 Å². The van der Waals surface area contributed by atoms with Crippen LogP contribution < -0.4 is 0 Å². The Morgan fingerprint density at radius 1 is 1.41 bits per heavy atom. The van der Waals surface area contributed by atoms with E-state index in [1.807, 2.05) is 0 Å². The standard InChI is InChI=1S/C11H13FO4S/c1-7(2)6-17(15,16)10-5-8(11(13)14)3-4-9(10)12/h3-5,7H,6H2,1-2H3,(H,13,14). The molecule has 1 N–H and O–H groups in total. The average Bonchev–Trinajstić information content (AvgIpc) is 2.15. The molecular weight excluding hydrogens is 247 g/mol. The van der Waals surface area contributed by atoms with Gasteiger partial charge in [0.05, 0.1) is 11.3 Å². The maximum Gasteiger partial charge on any atom is 0.335 e. The number of rotatable bonds is 4. The lowest BCUT2D eigenvalue weighted by atomic mass is 10.2. The molecule has 17 heavy (non-hydrogen) atoms. The first kappa shape index (κ1) is 13.6. The smallest absolute Gasteiger partial charge is 0.335 e. The van der Waals surface area contributed by atoms with E-state index in [0.717, 1.165) is 18.2 Å². The molecular formula is C11H13FO4S. The molecule has 0 bridgehead atoms. The highest BCUT2D eigenvalue weighted by Gasteiger charge is 2.22. The first-order valence-corrected chi connectivity index (χ1v) is 6.65. The maximum atomic E-state index is 13.4. The van der Waals surface area contributed by atoms with Crippen LogP contribution in [0.15, 0.2) is 23.1 Å². The predicted octanol–water partition coefficient (Wildman–Crippen LogP) is 1.95. The van der Waals surface area contributed by atoms with Crippen LogP contribution in [0.4, 0.5) is 4.39 Å². The van der Waals surface area contributed by atoms with Crippen LogP contribution in [0.1, 0.15) is 24.2 Å². The summed E-state index contributed by atoms with van der Waals surface area (Å²) in [4.78, 5) is 10.1. The van der Waals surface area contributed by atoms with Crippen molar-refractivity contribution in [2.24, 2.45) is 5.92 Å². The fourth-order valence-corrected chi connectivity index (χ4v) is 3.13. The number of hydrogen-bond acceptors (Lipinski definition) is 3. The van der Waals surface area contributed by atoms with Crippen molar-refractivity contribution >= 4 is 15.8 Å². The molecule has 1 rings (SSSR count). The molecule has 0 atom stereocenters. The molecule has 0 spiro atoms. The number of carboxylic acid groups (broad SMARTS) is 1. The van der Waals surface area contributed by atoms with Gasteiger partial charge in [-0.05, 0) is 24.1 Å². The van der Waals surface area contributed by atoms with Gasteiger partial charge in [-0.15, -0.1) is 0 Å². The summed E-state index contributed by atoms with van der Waals surface area (Å²) in [7, 11) is -3.78. The molecule has 0 aromatic heterocycles. The van der Waals surface area contributed by atoms with Crippen molar-refractivity contribution < 1.29 is 22.7 Å². The Kier molecular flexibility index (Phi) is 3.87. The molecule has 0 saturated heterocycles. The van der Waals surface area contributed by atoms with Crippen molar-refractivity contribution in [2.45, 2.75) is 18.7 Å². The van der Waals surface area contributed by atoms with Gasteiger partial charge in [0.1, 0.15) is 10.7 Å². The SMILES string of the molecule is CC(C)CS(=O)(=O)c1cc(C(=O)O)ccc1F. The summed E-state index contributed by atoms with van der Waals surface area (Å²) in [5.41, 5.74) is -0.242. The fraction of sp³-hybridized carbons (Fsp3) is 0.364. The van der Waals surface area contributed by atoms with E-state index >= 15 is 0 Å². The Bertz CT molecular complexity index is 534. The maximum absolute atomic E-state index is 13.4. The molecule has 0 aliphatic carbocycles. The van der Waals surface area contributed by atoms with Crippen molar-refractivity contribution in [1.82, 2.24) is 0 Å². The minimum Gasteiger partial charge on any atom is -0.478 e. The number of sulfone groups is 1. The minimum absolute atomic E-state index is 0.159. The zero-order valence-corrected chi connectivity index (χ0v) is 10.3. The van der Waals surface area contributed by atoms with Crippen LogP contribution in [0, 0.1) is 11.7 Å². The number of aromatic carboxylic acids is 1. The average molecular weight is 260 g/mol. The van der Waals surface area contributed by atoms with Crippen LogP contribution >= 0.6 is 0 Å². The Balaban J connectivity index is 3.30. The molecule has 0 saturated carbocycles. The van der Waals surface area contributed by atoms with Gasteiger partial charge in [0, 0.05) is 0 Å². The zero-order chi connectivity index (χ0) is 13.2. The van der Waals surface area contributed by atoms with Crippen molar-refractivity contribution in [3.8, 4) is 0 Å². The molecule has 0 heterocycles. The van der Waals surface area contributed by atoms with E-state index in [1.165, 1.54) is 0 Å². The highest BCUT2D eigenvalue weighted by molar-refractivity contribution is 7.91. The second-order valence-corrected chi connectivity index (χ2v) is 6.13. The number of benzene rings is 1. The van der Waals surface area contributed by atoms with Crippen molar-refractivity contribution in [1.29, 1.82) is 0 Å². The van der Waals surface area contributed by atoms with Gasteiger partial charge in [0.25, 0.3) is 0 Å². The summed E-state index contributed by atoms with van der Waals surface area (Å²) in [5.74, 6) is -2.58. The molecule has 1 aromatic rings. The van der Waals surface area contributed by atoms with Gasteiger partial charge in [0.2, 0.25) is 0 Å². The fourth-order valence-electron chi connectivity index (χ4n) is 1.40. The van der Waals surface area contributed by atoms with Crippen LogP contribution in [-0.4, -0.2) is 25.2 Å². The van der Waals surface area contributed by atoms with E-state index in [-0.39, 0.29) is 17.2 Å².